The van der Waals surface area contributed by atoms with Crippen molar-refractivity contribution in [3.63, 3.8) is 0 Å². The zero-order valence-electron chi connectivity index (χ0n) is 33.4. The Morgan fingerprint density at radius 2 is 0.867 bits per heavy atom. The second-order valence-electron chi connectivity index (χ2n) is 17.1. The number of hydrogen-bond donors (Lipinski definition) is 0. The maximum Gasteiger partial charge on any atom is 0.136 e. The summed E-state index contributed by atoms with van der Waals surface area (Å²) >= 11 is 0. The zero-order chi connectivity index (χ0) is 39.7. The minimum Gasteiger partial charge on any atom is -0.456 e. The van der Waals surface area contributed by atoms with Gasteiger partial charge in [-0.15, -0.1) is 0 Å². The average molecular weight is 763 g/mol. The molecule has 0 bridgehead atoms. The van der Waals surface area contributed by atoms with E-state index >= 15 is 0 Å². The molecule has 13 rings (SSSR count). The summed E-state index contributed by atoms with van der Waals surface area (Å²) in [6.45, 7) is 4.78. The molecule has 60 heavy (non-hydrogen) atoms. The fourth-order valence-corrected chi connectivity index (χ4v) is 11.1. The minimum absolute atomic E-state index is 0.165. The van der Waals surface area contributed by atoms with E-state index in [0.717, 1.165) is 11.2 Å². The van der Waals surface area contributed by atoms with Gasteiger partial charge in [0.2, 0.25) is 0 Å². The van der Waals surface area contributed by atoms with Crippen LogP contribution >= 0.6 is 0 Å². The van der Waals surface area contributed by atoms with E-state index in [0.29, 0.717) is 0 Å². The Bertz CT molecular complexity index is 3740. The molecular weight excluding hydrogens is 725 g/mol. The Balaban J connectivity index is 1.01. The van der Waals surface area contributed by atoms with Gasteiger partial charge < -0.3 is 4.42 Å². The van der Waals surface area contributed by atoms with Crippen LogP contribution in [0.3, 0.4) is 0 Å². The van der Waals surface area contributed by atoms with Crippen LogP contribution in [0.15, 0.2) is 199 Å². The van der Waals surface area contributed by atoms with Gasteiger partial charge in [-0.1, -0.05) is 190 Å². The molecule has 0 amide bonds. The van der Waals surface area contributed by atoms with Crippen molar-refractivity contribution in [2.75, 3.05) is 0 Å². The molecule has 0 spiro atoms. The van der Waals surface area contributed by atoms with E-state index in [-0.39, 0.29) is 5.41 Å². The molecular formula is C59H38O. The van der Waals surface area contributed by atoms with Gasteiger partial charge in [-0.2, -0.15) is 0 Å². The van der Waals surface area contributed by atoms with Gasteiger partial charge in [0.25, 0.3) is 0 Å². The predicted molar refractivity (Wildman–Crippen MR) is 255 cm³/mol. The normalized spacial score (nSPS) is 13.3. The van der Waals surface area contributed by atoms with Crippen LogP contribution in [0, 0.1) is 0 Å². The highest BCUT2D eigenvalue weighted by Gasteiger charge is 2.37. The molecule has 0 unspecified atom stereocenters. The van der Waals surface area contributed by atoms with Gasteiger partial charge in [-0.3, -0.25) is 0 Å². The van der Waals surface area contributed by atoms with E-state index in [2.05, 4.69) is 202 Å². The van der Waals surface area contributed by atoms with Gasteiger partial charge in [0.1, 0.15) is 11.2 Å². The lowest BCUT2D eigenvalue weighted by atomic mass is 9.79. The van der Waals surface area contributed by atoms with Crippen molar-refractivity contribution >= 4 is 75.8 Å². The molecule has 0 saturated carbocycles. The monoisotopic (exact) mass is 762 g/mol. The van der Waals surface area contributed by atoms with Gasteiger partial charge in [0.05, 0.1) is 0 Å². The maximum absolute atomic E-state index is 6.31. The third-order valence-corrected chi connectivity index (χ3v) is 13.6. The maximum atomic E-state index is 6.31. The lowest BCUT2D eigenvalue weighted by Gasteiger charge is -2.23. The topological polar surface area (TPSA) is 13.1 Å². The van der Waals surface area contributed by atoms with Crippen LogP contribution in [-0.2, 0) is 5.41 Å². The molecule has 0 aliphatic heterocycles. The largest absolute Gasteiger partial charge is 0.456 e. The van der Waals surface area contributed by atoms with Crippen LogP contribution in [0.1, 0.15) is 25.0 Å². The molecule has 1 heteroatoms. The standard InChI is InChI=1S/C59H38O/c1-59(2)52-32-26-36(34-51(52)49-30-29-47-48(58(49)59)31-33-54-57(47)50-23-11-12-25-53(50)60-54)38-27-28-46(40-18-6-5-17-39(38)40)56-44-21-9-7-19-42(44)55(43-20-8-10-22-45(43)56)41-24-13-15-35-14-3-4-16-37(35)41/h3-34H,1-2H3. The van der Waals surface area contributed by atoms with Gasteiger partial charge >= 0.3 is 0 Å². The third-order valence-electron chi connectivity index (χ3n) is 13.6. The Labute approximate surface area is 347 Å². The highest BCUT2D eigenvalue weighted by atomic mass is 16.3. The van der Waals surface area contributed by atoms with E-state index in [1.807, 2.05) is 6.07 Å². The predicted octanol–water partition coefficient (Wildman–Crippen LogP) is 16.7. The Kier molecular flexibility index (Phi) is 6.85. The number of benzene rings is 11. The van der Waals surface area contributed by atoms with Crippen molar-refractivity contribution in [3.8, 4) is 44.5 Å². The molecule has 0 fully saturated rings. The van der Waals surface area contributed by atoms with E-state index in [1.54, 1.807) is 0 Å². The first kappa shape index (κ1) is 33.5. The van der Waals surface area contributed by atoms with Crippen LogP contribution in [0.4, 0.5) is 0 Å². The fourth-order valence-electron chi connectivity index (χ4n) is 11.1. The van der Waals surface area contributed by atoms with E-state index in [1.165, 1.54) is 120 Å². The van der Waals surface area contributed by atoms with Crippen LogP contribution in [0.25, 0.3) is 120 Å². The molecule has 0 N–H and O–H groups in total. The van der Waals surface area contributed by atoms with Gasteiger partial charge in [0.15, 0.2) is 0 Å². The quantitative estimate of drug-likeness (QED) is 0.163. The second-order valence-corrected chi connectivity index (χ2v) is 17.1. The number of hydrogen-bond acceptors (Lipinski definition) is 1. The fraction of sp³-hybridized carbons (Fsp3) is 0.0508. The van der Waals surface area contributed by atoms with Crippen molar-refractivity contribution < 1.29 is 4.42 Å². The summed E-state index contributed by atoms with van der Waals surface area (Å²) in [5.74, 6) is 0. The summed E-state index contributed by atoms with van der Waals surface area (Å²) in [4.78, 5) is 0. The van der Waals surface area contributed by atoms with E-state index in [4.69, 9.17) is 4.42 Å². The summed E-state index contributed by atoms with van der Waals surface area (Å²) in [7, 11) is 0. The first-order chi connectivity index (χ1) is 29.5. The number of rotatable bonds is 3. The summed E-state index contributed by atoms with van der Waals surface area (Å²) in [6, 6.07) is 71.9. The van der Waals surface area contributed by atoms with E-state index < -0.39 is 0 Å². The lowest BCUT2D eigenvalue weighted by Crippen LogP contribution is -2.15. The van der Waals surface area contributed by atoms with Crippen LogP contribution in [-0.4, -0.2) is 0 Å². The Hall–Kier alpha value is -7.48. The van der Waals surface area contributed by atoms with Crippen LogP contribution in [0.5, 0.6) is 0 Å². The summed E-state index contributed by atoms with van der Waals surface area (Å²) in [5, 5.41) is 15.0. The summed E-state index contributed by atoms with van der Waals surface area (Å²) in [5.41, 5.74) is 14.7. The lowest BCUT2D eigenvalue weighted by molar-refractivity contribution is 0.665. The highest BCUT2D eigenvalue weighted by molar-refractivity contribution is 6.26. The van der Waals surface area contributed by atoms with Crippen molar-refractivity contribution in [1.29, 1.82) is 0 Å². The number of fused-ring (bicyclic) bond motifs is 13. The van der Waals surface area contributed by atoms with Crippen LogP contribution < -0.4 is 0 Å². The van der Waals surface area contributed by atoms with Gasteiger partial charge in [0, 0.05) is 16.2 Å². The first-order valence-corrected chi connectivity index (χ1v) is 21.0. The Morgan fingerprint density at radius 3 is 1.58 bits per heavy atom. The molecule has 12 aromatic rings. The van der Waals surface area contributed by atoms with Crippen molar-refractivity contribution in [1.82, 2.24) is 0 Å². The molecule has 1 aliphatic carbocycles. The van der Waals surface area contributed by atoms with Crippen LogP contribution in [0.2, 0.25) is 0 Å². The zero-order valence-corrected chi connectivity index (χ0v) is 33.4. The number of para-hydroxylation sites is 1. The SMILES string of the molecule is CC1(C)c2ccc(-c3ccc(-c4c5ccccc5c(-c5cccc6ccccc56)c5ccccc45)c4ccccc34)cc2-c2ccc3c(ccc4oc5ccccc5c43)c21. The molecule has 1 aliphatic rings. The molecule has 1 nitrogen and oxygen atoms in total. The summed E-state index contributed by atoms with van der Waals surface area (Å²) < 4.78 is 6.31. The minimum atomic E-state index is -0.165. The third kappa shape index (κ3) is 4.52. The van der Waals surface area contributed by atoms with Crippen molar-refractivity contribution in [3.05, 3.63) is 205 Å². The molecule has 0 atom stereocenters. The molecule has 280 valence electrons. The first-order valence-electron chi connectivity index (χ1n) is 21.0. The van der Waals surface area contributed by atoms with Gasteiger partial charge in [-0.05, 0) is 128 Å². The molecule has 0 radical (unpaired) electrons. The number of furan rings is 1. The molecule has 0 saturated heterocycles. The molecule has 11 aromatic carbocycles. The summed E-state index contributed by atoms with van der Waals surface area (Å²) in [6.07, 6.45) is 0. The van der Waals surface area contributed by atoms with Gasteiger partial charge in [-0.25, -0.2) is 0 Å². The average Bonchev–Trinajstić information content (AvgIpc) is 3.79. The van der Waals surface area contributed by atoms with Crippen molar-refractivity contribution in [2.24, 2.45) is 0 Å². The molecule has 1 heterocycles. The Morgan fingerprint density at radius 1 is 0.333 bits per heavy atom. The van der Waals surface area contributed by atoms with Crippen molar-refractivity contribution in [2.45, 2.75) is 19.3 Å². The molecule has 1 aromatic heterocycles. The second kappa shape index (κ2) is 12.3. The van der Waals surface area contributed by atoms with E-state index in [9.17, 15) is 0 Å². The highest BCUT2D eigenvalue weighted by Crippen LogP contribution is 2.54. The smallest absolute Gasteiger partial charge is 0.136 e.